The van der Waals surface area contributed by atoms with E-state index >= 15 is 0 Å². The molecule has 0 aromatic heterocycles. The second kappa shape index (κ2) is 10.6. The maximum absolute atomic E-state index is 11.2. The topological polar surface area (TPSA) is 77.5 Å². The van der Waals surface area contributed by atoms with Crippen LogP contribution in [0.2, 0.25) is 0 Å². The maximum atomic E-state index is 11.2. The molecule has 0 fully saturated rings. The van der Waals surface area contributed by atoms with Crippen LogP contribution in [0, 0.1) is 5.92 Å². The zero-order valence-corrected chi connectivity index (χ0v) is 9.24. The number of ketones is 1. The molecule has 0 saturated carbocycles. The molecule has 0 radical (unpaired) electrons. The first-order valence-electron chi connectivity index (χ1n) is 4.77. The minimum absolute atomic E-state index is 0.0315. The van der Waals surface area contributed by atoms with Crippen LogP contribution in [0.5, 0.6) is 0 Å². The average Bonchev–Trinajstić information content (AvgIpc) is 2.20. The molecule has 0 amide bonds. The first-order chi connectivity index (χ1) is 7.08. The fraction of sp³-hybridized carbons (Fsp3) is 0.700. The molecule has 0 aromatic rings. The molecule has 0 rings (SSSR count). The molecule has 0 N–H and O–H groups in total. The van der Waals surface area contributed by atoms with Crippen molar-refractivity contribution < 1.29 is 23.9 Å². The van der Waals surface area contributed by atoms with Gasteiger partial charge < -0.3 is 4.74 Å². The monoisotopic (exact) mass is 216 g/mol. The molecule has 0 spiro atoms. The van der Waals surface area contributed by atoms with Gasteiger partial charge in [-0.3, -0.25) is 9.59 Å². The Bertz CT molecular complexity index is 228. The van der Waals surface area contributed by atoms with Gasteiger partial charge in [0.25, 0.3) is 0 Å². The molecule has 15 heavy (non-hydrogen) atoms. The summed E-state index contributed by atoms with van der Waals surface area (Å²) in [6, 6.07) is 0. The van der Waals surface area contributed by atoms with E-state index in [-0.39, 0.29) is 17.9 Å². The Morgan fingerprint density at radius 1 is 1.20 bits per heavy atom. The van der Waals surface area contributed by atoms with E-state index in [0.717, 1.165) is 0 Å². The van der Waals surface area contributed by atoms with E-state index in [1.165, 1.54) is 0 Å². The highest BCUT2D eigenvalue weighted by molar-refractivity contribution is 5.98. The molecule has 5 nitrogen and oxygen atoms in total. The van der Waals surface area contributed by atoms with Gasteiger partial charge in [0.2, 0.25) is 0 Å². The van der Waals surface area contributed by atoms with Crippen molar-refractivity contribution in [1.29, 1.82) is 0 Å². The van der Waals surface area contributed by atoms with Gasteiger partial charge in [-0.25, -0.2) is 0 Å². The smallest absolute Gasteiger partial charge is 0.373 e. The SMILES string of the molecule is CCOC(=O)C(CC)C(=O)CC.O=C=O. The van der Waals surface area contributed by atoms with Crippen LogP contribution in [0.4, 0.5) is 0 Å². The van der Waals surface area contributed by atoms with Gasteiger partial charge in [0.05, 0.1) is 6.61 Å². The molecule has 0 bridgehead atoms. The molecule has 1 atom stereocenters. The van der Waals surface area contributed by atoms with Crippen LogP contribution < -0.4 is 0 Å². The van der Waals surface area contributed by atoms with E-state index in [1.807, 2.05) is 6.92 Å². The molecular formula is C10H16O5. The van der Waals surface area contributed by atoms with Crippen molar-refractivity contribution in [2.24, 2.45) is 5.92 Å². The number of rotatable bonds is 5. The second-order valence-corrected chi connectivity index (χ2v) is 2.62. The van der Waals surface area contributed by atoms with Crippen LogP contribution in [0.15, 0.2) is 0 Å². The quantitative estimate of drug-likeness (QED) is 0.505. The molecule has 0 aliphatic rings. The van der Waals surface area contributed by atoms with Crippen molar-refractivity contribution in [2.75, 3.05) is 6.61 Å². The van der Waals surface area contributed by atoms with Crippen molar-refractivity contribution in [1.82, 2.24) is 0 Å². The molecule has 5 heteroatoms. The highest BCUT2D eigenvalue weighted by atomic mass is 16.5. The summed E-state index contributed by atoms with van der Waals surface area (Å²) >= 11 is 0. The Morgan fingerprint density at radius 3 is 1.93 bits per heavy atom. The molecule has 0 saturated heterocycles. The molecule has 0 aliphatic carbocycles. The summed E-state index contributed by atoms with van der Waals surface area (Å²) in [5, 5.41) is 0. The summed E-state index contributed by atoms with van der Waals surface area (Å²) in [6.45, 7) is 5.65. The molecule has 1 unspecified atom stereocenters. The Balaban J connectivity index is 0. The lowest BCUT2D eigenvalue weighted by atomic mass is 10.00. The zero-order chi connectivity index (χ0) is 12.3. The van der Waals surface area contributed by atoms with E-state index in [0.29, 0.717) is 19.4 Å². The van der Waals surface area contributed by atoms with Gasteiger partial charge in [-0.2, -0.15) is 9.59 Å². The first-order valence-corrected chi connectivity index (χ1v) is 4.77. The van der Waals surface area contributed by atoms with Crippen LogP contribution in [0.25, 0.3) is 0 Å². The normalized spacial score (nSPS) is 10.3. The maximum Gasteiger partial charge on any atom is 0.373 e. The third-order valence-electron chi connectivity index (χ3n) is 1.72. The second-order valence-electron chi connectivity index (χ2n) is 2.62. The molecule has 86 valence electrons. The fourth-order valence-electron chi connectivity index (χ4n) is 1.02. The third kappa shape index (κ3) is 7.58. The van der Waals surface area contributed by atoms with E-state index in [1.54, 1.807) is 13.8 Å². The Kier molecular flexibility index (Phi) is 11.3. The number of esters is 1. The van der Waals surface area contributed by atoms with Crippen molar-refractivity contribution in [3.05, 3.63) is 0 Å². The van der Waals surface area contributed by atoms with Crippen LogP contribution in [-0.2, 0) is 23.9 Å². The average molecular weight is 216 g/mol. The Hall–Kier alpha value is -1.48. The van der Waals surface area contributed by atoms with Gasteiger partial charge in [0, 0.05) is 6.42 Å². The largest absolute Gasteiger partial charge is 0.465 e. The van der Waals surface area contributed by atoms with Gasteiger partial charge >= 0.3 is 12.1 Å². The van der Waals surface area contributed by atoms with E-state index in [2.05, 4.69) is 0 Å². The summed E-state index contributed by atoms with van der Waals surface area (Å²) in [6.07, 6.45) is 1.18. The summed E-state index contributed by atoms with van der Waals surface area (Å²) in [5.41, 5.74) is 0. The number of hydrogen-bond acceptors (Lipinski definition) is 5. The highest BCUT2D eigenvalue weighted by Crippen LogP contribution is 2.08. The molecule has 0 aromatic carbocycles. The highest BCUT2D eigenvalue weighted by Gasteiger charge is 2.23. The molecule has 0 heterocycles. The standard InChI is InChI=1S/C9H16O3.CO2/c1-4-7(8(10)5-2)9(11)12-6-3;2-1-3/h7H,4-6H2,1-3H3;. The van der Waals surface area contributed by atoms with E-state index < -0.39 is 5.92 Å². The van der Waals surface area contributed by atoms with Crippen molar-refractivity contribution in [3.63, 3.8) is 0 Å². The summed E-state index contributed by atoms with van der Waals surface area (Å²) in [4.78, 5) is 38.5. The minimum Gasteiger partial charge on any atom is -0.465 e. The lowest BCUT2D eigenvalue weighted by molar-refractivity contribution is -0.191. The first kappa shape index (κ1) is 16.0. The van der Waals surface area contributed by atoms with E-state index in [4.69, 9.17) is 14.3 Å². The number of hydrogen-bond donors (Lipinski definition) is 0. The fourth-order valence-corrected chi connectivity index (χ4v) is 1.02. The number of Topliss-reactive ketones (excluding diaryl/α,β-unsaturated/α-hetero) is 1. The molecule has 0 aliphatic heterocycles. The van der Waals surface area contributed by atoms with Gasteiger partial charge in [-0.1, -0.05) is 13.8 Å². The van der Waals surface area contributed by atoms with Crippen LogP contribution >= 0.6 is 0 Å². The van der Waals surface area contributed by atoms with Gasteiger partial charge in [-0.15, -0.1) is 0 Å². The summed E-state index contributed by atoms with van der Waals surface area (Å²) < 4.78 is 4.76. The predicted molar refractivity (Wildman–Crippen MR) is 50.7 cm³/mol. The lowest BCUT2D eigenvalue weighted by Crippen LogP contribution is -2.24. The predicted octanol–water partition coefficient (Wildman–Crippen LogP) is 0.971. The number of carbonyl (C=O) groups is 2. The Labute approximate surface area is 88.8 Å². The van der Waals surface area contributed by atoms with Crippen LogP contribution in [0.1, 0.15) is 33.6 Å². The van der Waals surface area contributed by atoms with Gasteiger partial charge in [0.1, 0.15) is 11.7 Å². The summed E-state index contributed by atoms with van der Waals surface area (Å²) in [5.74, 6) is -0.960. The Morgan fingerprint density at radius 2 is 1.67 bits per heavy atom. The van der Waals surface area contributed by atoms with Crippen molar-refractivity contribution >= 4 is 17.9 Å². The zero-order valence-electron chi connectivity index (χ0n) is 9.24. The third-order valence-corrected chi connectivity index (χ3v) is 1.72. The van der Waals surface area contributed by atoms with Crippen molar-refractivity contribution in [2.45, 2.75) is 33.6 Å². The van der Waals surface area contributed by atoms with Gasteiger partial charge in [-0.05, 0) is 13.3 Å². The van der Waals surface area contributed by atoms with Crippen molar-refractivity contribution in [3.8, 4) is 0 Å². The van der Waals surface area contributed by atoms with E-state index in [9.17, 15) is 9.59 Å². The number of ether oxygens (including phenoxy) is 1. The molecular weight excluding hydrogens is 200 g/mol. The lowest BCUT2D eigenvalue weighted by Gasteiger charge is -2.10. The van der Waals surface area contributed by atoms with Crippen LogP contribution in [0.3, 0.4) is 0 Å². The number of carbonyl (C=O) groups excluding carboxylic acids is 4. The van der Waals surface area contributed by atoms with Gasteiger partial charge in [0.15, 0.2) is 0 Å². The summed E-state index contributed by atoms with van der Waals surface area (Å²) in [7, 11) is 0. The van der Waals surface area contributed by atoms with Crippen LogP contribution in [-0.4, -0.2) is 24.5 Å². The minimum atomic E-state index is -0.546.